The fourth-order valence-electron chi connectivity index (χ4n) is 1.55. The number of thiophene rings is 1. The second-order valence-electron chi connectivity index (χ2n) is 3.67. The Hall–Kier alpha value is -1.66. The second-order valence-corrected chi connectivity index (χ2v) is 5.20. The van der Waals surface area contributed by atoms with Gasteiger partial charge in [0.2, 0.25) is 0 Å². The minimum atomic E-state index is -0.281. The molecular weight excluding hydrogens is 274 g/mol. The van der Waals surface area contributed by atoms with Gasteiger partial charge in [-0.2, -0.15) is 0 Å². The number of nitrogens with one attached hydrogen (secondary N) is 2. The van der Waals surface area contributed by atoms with Crippen LogP contribution in [0.15, 0.2) is 22.7 Å². The van der Waals surface area contributed by atoms with Gasteiger partial charge in [-0.1, -0.05) is 18.2 Å². The summed E-state index contributed by atoms with van der Waals surface area (Å²) in [5, 5.41) is 3.42. The molecule has 0 aliphatic rings. The summed E-state index contributed by atoms with van der Waals surface area (Å²) in [6.45, 7) is 5.40. The van der Waals surface area contributed by atoms with E-state index < -0.39 is 0 Å². The Morgan fingerprint density at radius 3 is 3.00 bits per heavy atom. The molecule has 0 bridgehead atoms. The van der Waals surface area contributed by atoms with Gasteiger partial charge < -0.3 is 10.3 Å². The number of H-pyrrole nitrogens is 1. The van der Waals surface area contributed by atoms with E-state index in [4.69, 9.17) is 11.6 Å². The Morgan fingerprint density at radius 1 is 1.67 bits per heavy atom. The van der Waals surface area contributed by atoms with E-state index in [1.807, 2.05) is 0 Å². The summed E-state index contributed by atoms with van der Waals surface area (Å²) in [6, 6.07) is 0. The van der Waals surface area contributed by atoms with Crippen LogP contribution in [0.3, 0.4) is 0 Å². The zero-order chi connectivity index (χ0) is 13.3. The monoisotopic (exact) mass is 283 g/mol. The number of fused-ring (bicyclic) bond motifs is 1. The van der Waals surface area contributed by atoms with Gasteiger partial charge in [-0.15, -0.1) is 11.3 Å². The molecule has 2 aromatic rings. The highest BCUT2D eigenvalue weighted by Gasteiger charge is 2.17. The summed E-state index contributed by atoms with van der Waals surface area (Å²) in [5.74, 6) is -0.281. The first-order valence-corrected chi connectivity index (χ1v) is 6.28. The van der Waals surface area contributed by atoms with Crippen molar-refractivity contribution in [2.45, 2.75) is 6.92 Å². The van der Waals surface area contributed by atoms with Crippen molar-refractivity contribution >= 4 is 39.1 Å². The number of aryl methyl sites for hydroxylation is 1. The highest BCUT2D eigenvalue weighted by Crippen LogP contribution is 2.26. The largest absolute Gasteiger partial charge is 0.346 e. The number of carbonyl (C=O) groups excluding carboxylic acids is 1. The third-order valence-corrected chi connectivity index (χ3v) is 3.71. The minimum absolute atomic E-state index is 0.192. The molecule has 0 saturated heterocycles. The third-order valence-electron chi connectivity index (χ3n) is 2.38. The quantitative estimate of drug-likeness (QED) is 0.901. The molecule has 2 heterocycles. The summed E-state index contributed by atoms with van der Waals surface area (Å²) in [5.41, 5.74) is 0.386. The zero-order valence-electron chi connectivity index (χ0n) is 9.54. The average molecular weight is 284 g/mol. The van der Waals surface area contributed by atoms with Crippen molar-refractivity contribution < 1.29 is 4.79 Å². The van der Waals surface area contributed by atoms with Gasteiger partial charge in [-0.05, 0) is 12.5 Å². The Balaban J connectivity index is 2.43. The highest BCUT2D eigenvalue weighted by molar-refractivity contribution is 7.20. The van der Waals surface area contributed by atoms with Gasteiger partial charge in [-0.25, -0.2) is 4.98 Å². The van der Waals surface area contributed by atoms with E-state index in [-0.39, 0.29) is 18.0 Å². The molecule has 2 N–H and O–H groups in total. The van der Waals surface area contributed by atoms with E-state index in [2.05, 4.69) is 21.9 Å². The first-order chi connectivity index (χ1) is 8.50. The number of hydrogen-bond acceptors (Lipinski definition) is 4. The van der Waals surface area contributed by atoms with Crippen molar-refractivity contribution in [2.75, 3.05) is 6.54 Å². The predicted octanol–water partition coefficient (Wildman–Crippen LogP) is 1.78. The predicted molar refractivity (Wildman–Crippen MR) is 72.3 cm³/mol. The molecule has 5 nitrogen and oxygen atoms in total. The molecule has 1 amide bonds. The maximum Gasteiger partial charge on any atom is 0.262 e. The zero-order valence-corrected chi connectivity index (χ0v) is 11.1. The number of amides is 1. The van der Waals surface area contributed by atoms with Gasteiger partial charge in [0.05, 0.1) is 23.1 Å². The Labute approximate surface area is 112 Å². The molecule has 0 unspecified atom stereocenters. The van der Waals surface area contributed by atoms with E-state index in [9.17, 15) is 9.59 Å². The molecular formula is C11H10ClN3O2S. The van der Waals surface area contributed by atoms with Crippen LogP contribution < -0.4 is 10.9 Å². The molecule has 2 aromatic heterocycles. The summed E-state index contributed by atoms with van der Waals surface area (Å²) >= 11 is 6.76. The first kappa shape index (κ1) is 12.8. The van der Waals surface area contributed by atoms with Crippen molar-refractivity contribution in [2.24, 2.45) is 0 Å². The van der Waals surface area contributed by atoms with Crippen molar-refractivity contribution in [3.05, 3.63) is 38.7 Å². The van der Waals surface area contributed by atoms with Crippen LogP contribution in [0.5, 0.6) is 0 Å². The van der Waals surface area contributed by atoms with Crippen molar-refractivity contribution in [3.63, 3.8) is 0 Å². The molecule has 0 aromatic carbocycles. The van der Waals surface area contributed by atoms with Crippen LogP contribution >= 0.6 is 22.9 Å². The normalized spacial score (nSPS) is 10.6. The van der Waals surface area contributed by atoms with Gasteiger partial charge in [0.25, 0.3) is 11.5 Å². The van der Waals surface area contributed by atoms with E-state index in [1.54, 1.807) is 6.92 Å². The van der Waals surface area contributed by atoms with Gasteiger partial charge in [0.1, 0.15) is 4.83 Å². The number of nitrogens with zero attached hydrogens (tertiary/aromatic N) is 1. The van der Waals surface area contributed by atoms with Crippen molar-refractivity contribution in [1.82, 2.24) is 15.3 Å². The average Bonchev–Trinajstić information content (AvgIpc) is 2.65. The number of aromatic amines is 1. The molecule has 0 spiro atoms. The van der Waals surface area contributed by atoms with Crippen LogP contribution in [0.2, 0.25) is 0 Å². The molecule has 0 atom stereocenters. The lowest BCUT2D eigenvalue weighted by molar-refractivity contribution is 0.0961. The first-order valence-electron chi connectivity index (χ1n) is 5.09. The number of rotatable bonds is 3. The van der Waals surface area contributed by atoms with Gasteiger partial charge >= 0.3 is 0 Å². The Morgan fingerprint density at radius 2 is 2.39 bits per heavy atom. The maximum atomic E-state index is 11.9. The molecule has 0 radical (unpaired) electrons. The summed E-state index contributed by atoms with van der Waals surface area (Å²) in [4.78, 5) is 31.1. The highest BCUT2D eigenvalue weighted by atomic mass is 35.5. The maximum absolute atomic E-state index is 11.9. The topological polar surface area (TPSA) is 74.8 Å². The van der Waals surface area contributed by atoms with Gasteiger partial charge in [0, 0.05) is 5.03 Å². The second kappa shape index (κ2) is 4.91. The standard InChI is InChI=1S/C11H10ClN3O2S/c1-5(12)3-13-10(17)8-6(2)7-9(16)14-4-15-11(7)18-8/h4H,1,3H2,2H3,(H,13,17)(H,14,15,16). The minimum Gasteiger partial charge on any atom is -0.346 e. The number of hydrogen-bond donors (Lipinski definition) is 2. The lowest BCUT2D eigenvalue weighted by atomic mass is 10.2. The van der Waals surface area contributed by atoms with Crippen LogP contribution in [0.25, 0.3) is 10.2 Å². The molecule has 18 heavy (non-hydrogen) atoms. The SMILES string of the molecule is C=C(Cl)CNC(=O)c1sc2nc[nH]c(=O)c2c1C. The van der Waals surface area contributed by atoms with E-state index in [1.165, 1.54) is 17.7 Å². The fraction of sp³-hybridized carbons (Fsp3) is 0.182. The van der Waals surface area contributed by atoms with Crippen molar-refractivity contribution in [1.29, 1.82) is 0 Å². The molecule has 94 valence electrons. The lowest BCUT2D eigenvalue weighted by Crippen LogP contribution is -2.24. The van der Waals surface area contributed by atoms with Crippen LogP contribution in [0.1, 0.15) is 15.2 Å². The van der Waals surface area contributed by atoms with E-state index >= 15 is 0 Å². The fourth-order valence-corrected chi connectivity index (χ4v) is 2.68. The summed E-state index contributed by atoms with van der Waals surface area (Å²) < 4.78 is 0. The smallest absolute Gasteiger partial charge is 0.262 e. The summed E-state index contributed by atoms with van der Waals surface area (Å²) in [6.07, 6.45) is 1.32. The van der Waals surface area contributed by atoms with Crippen LogP contribution in [-0.2, 0) is 0 Å². The van der Waals surface area contributed by atoms with Crippen molar-refractivity contribution in [3.8, 4) is 0 Å². The number of aromatic nitrogens is 2. The van der Waals surface area contributed by atoms with Crippen LogP contribution in [0.4, 0.5) is 0 Å². The lowest BCUT2D eigenvalue weighted by Gasteiger charge is -2.01. The Kier molecular flexibility index (Phi) is 3.49. The molecule has 0 aliphatic heterocycles. The molecule has 0 fully saturated rings. The van der Waals surface area contributed by atoms with Gasteiger partial charge in [0.15, 0.2) is 0 Å². The third kappa shape index (κ3) is 2.30. The van der Waals surface area contributed by atoms with Gasteiger partial charge in [-0.3, -0.25) is 9.59 Å². The number of halogens is 1. The van der Waals surface area contributed by atoms with Crippen LogP contribution in [0, 0.1) is 6.92 Å². The number of carbonyl (C=O) groups is 1. The molecule has 2 rings (SSSR count). The van der Waals surface area contributed by atoms with E-state index in [0.717, 1.165) is 0 Å². The Bertz CT molecular complexity index is 689. The molecule has 0 saturated carbocycles. The summed E-state index contributed by atoms with van der Waals surface area (Å²) in [7, 11) is 0. The molecule has 7 heteroatoms. The van der Waals surface area contributed by atoms with Crippen LogP contribution in [-0.4, -0.2) is 22.4 Å². The molecule has 0 aliphatic carbocycles. The van der Waals surface area contributed by atoms with E-state index in [0.29, 0.717) is 25.7 Å².